The van der Waals surface area contributed by atoms with Gasteiger partial charge >= 0.3 is 0 Å². The quantitative estimate of drug-likeness (QED) is 0.861. The molecule has 1 aromatic rings. The van der Waals surface area contributed by atoms with E-state index < -0.39 is 10.0 Å². The van der Waals surface area contributed by atoms with Crippen LogP contribution in [0.1, 0.15) is 32.1 Å². The molecule has 8 heteroatoms. The topological polar surface area (TPSA) is 84.9 Å². The van der Waals surface area contributed by atoms with Gasteiger partial charge < -0.3 is 14.8 Å². The Hall–Kier alpha value is -1.80. The van der Waals surface area contributed by atoms with E-state index in [4.69, 9.17) is 9.47 Å². The van der Waals surface area contributed by atoms with E-state index in [0.717, 1.165) is 19.3 Å². The minimum Gasteiger partial charge on any atom is -0.495 e. The summed E-state index contributed by atoms with van der Waals surface area (Å²) in [6.07, 6.45) is 3.84. The molecule has 2 aliphatic heterocycles. The molecule has 3 rings (SSSR count). The summed E-state index contributed by atoms with van der Waals surface area (Å²) in [5.41, 5.74) is 1.02. The summed E-state index contributed by atoms with van der Waals surface area (Å²) in [5, 5.41) is 2.83. The van der Waals surface area contributed by atoms with E-state index in [1.807, 2.05) is 0 Å². The van der Waals surface area contributed by atoms with Crippen molar-refractivity contribution in [1.29, 1.82) is 0 Å². The second-order valence-corrected chi connectivity index (χ2v) is 8.38. The Morgan fingerprint density at radius 1 is 1.36 bits per heavy atom. The Kier molecular flexibility index (Phi) is 5.48. The van der Waals surface area contributed by atoms with Gasteiger partial charge in [0.1, 0.15) is 5.75 Å². The van der Waals surface area contributed by atoms with Crippen molar-refractivity contribution in [2.75, 3.05) is 35.6 Å². The van der Waals surface area contributed by atoms with E-state index in [2.05, 4.69) is 5.32 Å². The molecule has 0 bridgehead atoms. The molecule has 1 atom stereocenters. The first-order valence-corrected chi connectivity index (χ1v) is 10.2. The second kappa shape index (κ2) is 7.61. The first-order valence-electron chi connectivity index (χ1n) is 8.59. The van der Waals surface area contributed by atoms with Gasteiger partial charge in [-0.25, -0.2) is 8.42 Å². The number of hydrogen-bond acceptors (Lipinski definition) is 5. The third kappa shape index (κ3) is 4.24. The summed E-state index contributed by atoms with van der Waals surface area (Å²) >= 11 is 0. The van der Waals surface area contributed by atoms with Crippen molar-refractivity contribution in [1.82, 2.24) is 0 Å². The van der Waals surface area contributed by atoms with Crippen LogP contribution in [0, 0.1) is 0 Å². The summed E-state index contributed by atoms with van der Waals surface area (Å²) in [6.45, 7) is 1.15. The average molecular weight is 368 g/mol. The number of benzene rings is 1. The van der Waals surface area contributed by atoms with Gasteiger partial charge in [-0.2, -0.15) is 0 Å². The Balaban J connectivity index is 1.75. The molecule has 1 amide bonds. The molecular weight excluding hydrogens is 344 g/mol. The molecule has 0 saturated carbocycles. The summed E-state index contributed by atoms with van der Waals surface area (Å²) in [5.74, 6) is 0.490. The number of nitrogens with one attached hydrogen (secondary N) is 1. The molecule has 0 radical (unpaired) electrons. The van der Waals surface area contributed by atoms with E-state index in [0.29, 0.717) is 36.7 Å². The summed E-state index contributed by atoms with van der Waals surface area (Å²) in [6, 6.07) is 5.03. The maximum absolute atomic E-state index is 12.3. The van der Waals surface area contributed by atoms with Crippen LogP contribution in [0.4, 0.5) is 11.4 Å². The van der Waals surface area contributed by atoms with E-state index in [1.165, 1.54) is 11.4 Å². The van der Waals surface area contributed by atoms with E-state index in [1.54, 1.807) is 18.2 Å². The van der Waals surface area contributed by atoms with E-state index >= 15 is 0 Å². The zero-order valence-corrected chi connectivity index (χ0v) is 15.2. The average Bonchev–Trinajstić information content (AvgIpc) is 2.95. The number of carbonyl (C=O) groups excluding carboxylic acids is 1. The number of amides is 1. The van der Waals surface area contributed by atoms with Gasteiger partial charge in [0.25, 0.3) is 0 Å². The molecule has 1 N–H and O–H groups in total. The lowest BCUT2D eigenvalue weighted by molar-refractivity contribution is -0.119. The third-order valence-electron chi connectivity index (χ3n) is 4.53. The van der Waals surface area contributed by atoms with Crippen LogP contribution < -0.4 is 14.4 Å². The number of ether oxygens (including phenoxy) is 2. The van der Waals surface area contributed by atoms with Crippen molar-refractivity contribution < 1.29 is 22.7 Å². The van der Waals surface area contributed by atoms with Crippen LogP contribution in [0.25, 0.3) is 0 Å². The predicted octanol–water partition coefficient (Wildman–Crippen LogP) is 2.13. The van der Waals surface area contributed by atoms with Crippen molar-refractivity contribution in [2.45, 2.75) is 38.2 Å². The van der Waals surface area contributed by atoms with E-state index in [9.17, 15) is 13.2 Å². The van der Waals surface area contributed by atoms with Crippen molar-refractivity contribution in [3.8, 4) is 5.75 Å². The smallest absolute Gasteiger partial charge is 0.235 e. The monoisotopic (exact) mass is 368 g/mol. The number of anilines is 2. The Morgan fingerprint density at radius 3 is 2.84 bits per heavy atom. The maximum Gasteiger partial charge on any atom is 0.235 e. The second-order valence-electron chi connectivity index (χ2n) is 6.37. The molecule has 2 aliphatic rings. The van der Waals surface area contributed by atoms with Crippen LogP contribution in [0.5, 0.6) is 5.75 Å². The van der Waals surface area contributed by atoms with Gasteiger partial charge in [0.15, 0.2) is 0 Å². The highest BCUT2D eigenvalue weighted by Gasteiger charge is 2.29. The SMILES string of the molecule is COc1ccc(N2CCCS2(=O)=O)cc1NC(=O)CC1CCCCO1. The molecule has 7 nitrogen and oxygen atoms in total. The number of hydrogen-bond donors (Lipinski definition) is 1. The minimum absolute atomic E-state index is 0.0538. The largest absolute Gasteiger partial charge is 0.495 e. The van der Waals surface area contributed by atoms with Gasteiger partial charge in [-0.3, -0.25) is 9.10 Å². The maximum atomic E-state index is 12.3. The van der Waals surface area contributed by atoms with Gasteiger partial charge in [-0.15, -0.1) is 0 Å². The van der Waals surface area contributed by atoms with E-state index in [-0.39, 0.29) is 24.2 Å². The van der Waals surface area contributed by atoms with Crippen molar-refractivity contribution in [2.24, 2.45) is 0 Å². The van der Waals surface area contributed by atoms with Crippen LogP contribution in [0.2, 0.25) is 0 Å². The van der Waals surface area contributed by atoms with Crippen LogP contribution >= 0.6 is 0 Å². The lowest BCUT2D eigenvalue weighted by Gasteiger charge is -2.22. The van der Waals surface area contributed by atoms with Gasteiger partial charge in [-0.1, -0.05) is 0 Å². The van der Waals surface area contributed by atoms with Crippen LogP contribution in [0.3, 0.4) is 0 Å². The number of carbonyl (C=O) groups is 1. The summed E-state index contributed by atoms with van der Waals surface area (Å²) < 4.78 is 36.5. The first kappa shape index (κ1) is 18.0. The molecule has 0 aromatic heterocycles. The normalized spacial score (nSPS) is 22.6. The molecule has 0 aliphatic carbocycles. The van der Waals surface area contributed by atoms with Crippen molar-refractivity contribution in [3.63, 3.8) is 0 Å². The lowest BCUT2D eigenvalue weighted by atomic mass is 10.1. The Labute approximate surface area is 148 Å². The van der Waals surface area contributed by atoms with Crippen molar-refractivity contribution >= 4 is 27.3 Å². The summed E-state index contributed by atoms with van der Waals surface area (Å²) in [7, 11) is -1.75. The standard InChI is InChI=1S/C17H24N2O5S/c1-23-16-7-6-13(19-8-4-10-25(19,21)22)11-15(16)18-17(20)12-14-5-2-3-9-24-14/h6-7,11,14H,2-5,8-10,12H2,1H3,(H,18,20). The zero-order valence-electron chi connectivity index (χ0n) is 14.4. The lowest BCUT2D eigenvalue weighted by Crippen LogP contribution is -2.26. The number of sulfonamides is 1. The molecule has 1 unspecified atom stereocenters. The predicted molar refractivity (Wildman–Crippen MR) is 95.6 cm³/mol. The van der Waals surface area contributed by atoms with Crippen LogP contribution in [-0.4, -0.2) is 46.4 Å². The molecule has 1 aromatic carbocycles. The fourth-order valence-corrected chi connectivity index (χ4v) is 4.81. The highest BCUT2D eigenvalue weighted by atomic mass is 32.2. The Morgan fingerprint density at radius 2 is 2.20 bits per heavy atom. The Bertz CT molecular complexity index is 729. The molecular formula is C17H24N2O5S. The molecule has 2 heterocycles. The highest BCUT2D eigenvalue weighted by molar-refractivity contribution is 7.93. The van der Waals surface area contributed by atoms with Crippen molar-refractivity contribution in [3.05, 3.63) is 18.2 Å². The molecule has 25 heavy (non-hydrogen) atoms. The third-order valence-corrected chi connectivity index (χ3v) is 6.40. The number of rotatable bonds is 5. The van der Waals surface area contributed by atoms with Gasteiger partial charge in [-0.05, 0) is 43.9 Å². The number of methoxy groups -OCH3 is 1. The van der Waals surface area contributed by atoms with Crippen LogP contribution in [-0.2, 0) is 19.6 Å². The molecule has 2 saturated heterocycles. The van der Waals surface area contributed by atoms with Gasteiger partial charge in [0.05, 0.1) is 36.8 Å². The fraction of sp³-hybridized carbons (Fsp3) is 0.588. The summed E-state index contributed by atoms with van der Waals surface area (Å²) in [4.78, 5) is 12.3. The molecule has 138 valence electrons. The fourth-order valence-electron chi connectivity index (χ4n) is 3.25. The number of nitrogens with zero attached hydrogens (tertiary/aromatic N) is 1. The van der Waals surface area contributed by atoms with Crippen LogP contribution in [0.15, 0.2) is 18.2 Å². The van der Waals surface area contributed by atoms with Gasteiger partial charge in [0.2, 0.25) is 15.9 Å². The molecule has 0 spiro atoms. The highest BCUT2D eigenvalue weighted by Crippen LogP contribution is 2.33. The minimum atomic E-state index is -3.27. The van der Waals surface area contributed by atoms with Gasteiger partial charge in [0, 0.05) is 13.2 Å². The molecule has 2 fully saturated rings. The first-order chi connectivity index (χ1) is 12.0. The zero-order chi connectivity index (χ0) is 17.9.